The minimum atomic E-state index is -0.412. The fourth-order valence-electron chi connectivity index (χ4n) is 1.95. The van der Waals surface area contributed by atoms with Crippen LogP contribution in [-0.2, 0) is 11.2 Å². The number of hydrogen-bond acceptors (Lipinski definition) is 2. The first-order chi connectivity index (χ1) is 8.63. The topological polar surface area (TPSA) is 55.1 Å². The Morgan fingerprint density at radius 1 is 1.28 bits per heavy atom. The predicted molar refractivity (Wildman–Crippen MR) is 75.3 cm³/mol. The van der Waals surface area contributed by atoms with Gasteiger partial charge in [0.1, 0.15) is 0 Å². The third kappa shape index (κ3) is 5.32. The van der Waals surface area contributed by atoms with Gasteiger partial charge >= 0.3 is 0 Å². The third-order valence-corrected chi connectivity index (χ3v) is 3.03. The molecule has 0 heterocycles. The number of rotatable bonds is 7. The molecule has 0 aromatic heterocycles. The van der Waals surface area contributed by atoms with Crippen molar-refractivity contribution in [2.75, 3.05) is 0 Å². The van der Waals surface area contributed by atoms with Gasteiger partial charge < -0.3 is 11.1 Å². The molecule has 1 aromatic carbocycles. The molecule has 0 aliphatic heterocycles. The van der Waals surface area contributed by atoms with Gasteiger partial charge in [-0.1, -0.05) is 43.7 Å². The lowest BCUT2D eigenvalue weighted by atomic mass is 10.0. The number of carbonyl (C=O) groups excluding carboxylic acids is 1. The second-order valence-corrected chi connectivity index (χ2v) is 4.83. The van der Waals surface area contributed by atoms with Crippen molar-refractivity contribution in [3.05, 3.63) is 35.9 Å². The molecular weight excluding hydrogens is 224 g/mol. The zero-order chi connectivity index (χ0) is 13.4. The summed E-state index contributed by atoms with van der Waals surface area (Å²) in [5.74, 6) is -0.0353. The highest BCUT2D eigenvalue weighted by Gasteiger charge is 2.15. The first-order valence-corrected chi connectivity index (χ1v) is 6.73. The first kappa shape index (κ1) is 14.7. The van der Waals surface area contributed by atoms with Crippen molar-refractivity contribution in [1.29, 1.82) is 0 Å². The van der Waals surface area contributed by atoms with Crippen LogP contribution in [0.25, 0.3) is 0 Å². The number of nitrogens with one attached hydrogen (secondary N) is 1. The van der Waals surface area contributed by atoms with Crippen molar-refractivity contribution in [3.8, 4) is 0 Å². The van der Waals surface area contributed by atoms with E-state index in [0.717, 1.165) is 19.3 Å². The fourth-order valence-corrected chi connectivity index (χ4v) is 1.95. The quantitative estimate of drug-likeness (QED) is 0.777. The van der Waals surface area contributed by atoms with Crippen LogP contribution in [0.4, 0.5) is 0 Å². The number of hydrogen-bond donors (Lipinski definition) is 2. The summed E-state index contributed by atoms with van der Waals surface area (Å²) in [6.45, 7) is 4.13. The second kappa shape index (κ2) is 7.88. The van der Waals surface area contributed by atoms with Crippen LogP contribution in [0.2, 0.25) is 0 Å². The summed E-state index contributed by atoms with van der Waals surface area (Å²) in [6, 6.07) is 9.92. The molecule has 3 N–H and O–H groups in total. The summed E-state index contributed by atoms with van der Waals surface area (Å²) < 4.78 is 0. The molecule has 1 aromatic rings. The van der Waals surface area contributed by atoms with Crippen molar-refractivity contribution in [1.82, 2.24) is 5.32 Å². The van der Waals surface area contributed by atoms with Gasteiger partial charge in [-0.05, 0) is 31.7 Å². The molecule has 0 aliphatic carbocycles. The van der Waals surface area contributed by atoms with E-state index in [2.05, 4.69) is 24.4 Å². The van der Waals surface area contributed by atoms with Gasteiger partial charge in [-0.25, -0.2) is 0 Å². The molecule has 3 heteroatoms. The van der Waals surface area contributed by atoms with Crippen LogP contribution in [0.15, 0.2) is 30.3 Å². The fraction of sp³-hybridized carbons (Fsp3) is 0.533. The Morgan fingerprint density at radius 2 is 1.94 bits per heavy atom. The molecule has 0 spiro atoms. The maximum atomic E-state index is 11.8. The molecule has 2 unspecified atom stereocenters. The Bertz CT molecular complexity index is 351. The summed E-state index contributed by atoms with van der Waals surface area (Å²) >= 11 is 0. The average Bonchev–Trinajstić information content (AvgIpc) is 2.37. The van der Waals surface area contributed by atoms with Crippen LogP contribution < -0.4 is 11.1 Å². The van der Waals surface area contributed by atoms with E-state index in [9.17, 15) is 4.79 Å². The van der Waals surface area contributed by atoms with Gasteiger partial charge in [0.2, 0.25) is 5.91 Å². The highest BCUT2D eigenvalue weighted by molar-refractivity contribution is 5.81. The lowest BCUT2D eigenvalue weighted by Gasteiger charge is -2.17. The molecule has 0 saturated heterocycles. The van der Waals surface area contributed by atoms with Crippen LogP contribution in [0, 0.1) is 0 Å². The minimum absolute atomic E-state index is 0.0353. The molecule has 18 heavy (non-hydrogen) atoms. The van der Waals surface area contributed by atoms with Crippen molar-refractivity contribution in [3.63, 3.8) is 0 Å². The van der Waals surface area contributed by atoms with Crippen LogP contribution in [-0.4, -0.2) is 18.0 Å². The van der Waals surface area contributed by atoms with Crippen molar-refractivity contribution in [2.24, 2.45) is 5.73 Å². The number of amides is 1. The zero-order valence-corrected chi connectivity index (χ0v) is 11.4. The van der Waals surface area contributed by atoms with Gasteiger partial charge in [0, 0.05) is 6.04 Å². The Labute approximate surface area is 110 Å². The van der Waals surface area contributed by atoms with E-state index in [1.807, 2.05) is 25.1 Å². The highest BCUT2D eigenvalue weighted by atomic mass is 16.2. The van der Waals surface area contributed by atoms with Crippen LogP contribution >= 0.6 is 0 Å². The Balaban J connectivity index is 2.32. The number of aryl methyl sites for hydroxylation is 1. The minimum Gasteiger partial charge on any atom is -0.352 e. The maximum Gasteiger partial charge on any atom is 0.237 e. The number of benzene rings is 1. The van der Waals surface area contributed by atoms with Crippen LogP contribution in [0.3, 0.4) is 0 Å². The van der Waals surface area contributed by atoms with Crippen LogP contribution in [0.1, 0.15) is 38.7 Å². The van der Waals surface area contributed by atoms with E-state index in [4.69, 9.17) is 5.73 Å². The van der Waals surface area contributed by atoms with Gasteiger partial charge in [-0.15, -0.1) is 0 Å². The maximum absolute atomic E-state index is 11.8. The Morgan fingerprint density at radius 3 is 2.56 bits per heavy atom. The number of carbonyl (C=O) groups is 1. The predicted octanol–water partition coefficient (Wildman–Crippen LogP) is 2.25. The van der Waals surface area contributed by atoms with E-state index in [0.29, 0.717) is 6.42 Å². The highest BCUT2D eigenvalue weighted by Crippen LogP contribution is 2.04. The van der Waals surface area contributed by atoms with Gasteiger partial charge in [0.15, 0.2) is 0 Å². The van der Waals surface area contributed by atoms with Gasteiger partial charge in [0.05, 0.1) is 6.04 Å². The van der Waals surface area contributed by atoms with E-state index in [1.165, 1.54) is 5.56 Å². The summed E-state index contributed by atoms with van der Waals surface area (Å²) in [6.07, 6.45) is 3.60. The molecule has 0 aliphatic rings. The van der Waals surface area contributed by atoms with Crippen molar-refractivity contribution >= 4 is 5.91 Å². The Hall–Kier alpha value is -1.35. The lowest BCUT2D eigenvalue weighted by molar-refractivity contribution is -0.123. The molecule has 1 amide bonds. The molecule has 0 radical (unpaired) electrons. The standard InChI is InChI=1S/C15H24N2O/c1-3-7-12(2)17-15(18)14(16)11-10-13-8-5-4-6-9-13/h4-6,8-9,12,14H,3,7,10-11,16H2,1-2H3,(H,17,18). The van der Waals surface area contributed by atoms with Crippen LogP contribution in [0.5, 0.6) is 0 Å². The number of nitrogens with two attached hydrogens (primary N) is 1. The third-order valence-electron chi connectivity index (χ3n) is 3.03. The summed E-state index contributed by atoms with van der Waals surface area (Å²) in [7, 11) is 0. The molecule has 0 fully saturated rings. The SMILES string of the molecule is CCCC(C)NC(=O)C(N)CCc1ccccc1. The molecule has 100 valence electrons. The summed E-state index contributed by atoms with van der Waals surface area (Å²) in [5, 5.41) is 2.95. The van der Waals surface area contributed by atoms with Crippen molar-refractivity contribution in [2.45, 2.75) is 51.6 Å². The zero-order valence-electron chi connectivity index (χ0n) is 11.4. The first-order valence-electron chi connectivity index (χ1n) is 6.73. The molecule has 3 nitrogen and oxygen atoms in total. The lowest BCUT2D eigenvalue weighted by Crippen LogP contribution is -2.44. The van der Waals surface area contributed by atoms with Gasteiger partial charge in [-0.2, -0.15) is 0 Å². The normalized spacial score (nSPS) is 13.9. The Kier molecular flexibility index (Phi) is 6.44. The van der Waals surface area contributed by atoms with E-state index in [1.54, 1.807) is 0 Å². The summed E-state index contributed by atoms with van der Waals surface area (Å²) in [4.78, 5) is 11.8. The van der Waals surface area contributed by atoms with E-state index < -0.39 is 6.04 Å². The largest absolute Gasteiger partial charge is 0.352 e. The molecule has 0 saturated carbocycles. The second-order valence-electron chi connectivity index (χ2n) is 4.83. The smallest absolute Gasteiger partial charge is 0.237 e. The molecule has 0 bridgehead atoms. The van der Waals surface area contributed by atoms with Crippen molar-refractivity contribution < 1.29 is 4.79 Å². The molecule has 2 atom stereocenters. The van der Waals surface area contributed by atoms with E-state index >= 15 is 0 Å². The van der Waals surface area contributed by atoms with Gasteiger partial charge in [0.25, 0.3) is 0 Å². The summed E-state index contributed by atoms with van der Waals surface area (Å²) in [5.41, 5.74) is 7.12. The molecule has 1 rings (SSSR count). The van der Waals surface area contributed by atoms with E-state index in [-0.39, 0.29) is 11.9 Å². The monoisotopic (exact) mass is 248 g/mol. The average molecular weight is 248 g/mol. The molecular formula is C15H24N2O. The van der Waals surface area contributed by atoms with Gasteiger partial charge in [-0.3, -0.25) is 4.79 Å².